The van der Waals surface area contributed by atoms with E-state index in [2.05, 4.69) is 20.6 Å². The maximum Gasteiger partial charge on any atom is 0.258 e. The van der Waals surface area contributed by atoms with E-state index in [1.54, 1.807) is 26.8 Å². The number of nitrogens with two attached hydrogens (primary N) is 1. The number of halogens is 2. The van der Waals surface area contributed by atoms with Gasteiger partial charge in [-0.05, 0) is 61.1 Å². The minimum atomic E-state index is -0.695. The highest BCUT2D eigenvalue weighted by Gasteiger charge is 2.25. The Morgan fingerprint density at radius 1 is 1.16 bits per heavy atom. The van der Waals surface area contributed by atoms with Crippen LogP contribution in [0.25, 0.3) is 11.3 Å². The van der Waals surface area contributed by atoms with Gasteiger partial charge >= 0.3 is 0 Å². The Morgan fingerprint density at radius 3 is 2.59 bits per heavy atom. The molecule has 0 aliphatic heterocycles. The van der Waals surface area contributed by atoms with Crippen molar-refractivity contribution in [3.05, 3.63) is 65.0 Å². The van der Waals surface area contributed by atoms with E-state index >= 15 is 0 Å². The quantitative estimate of drug-likeness (QED) is 0.363. The van der Waals surface area contributed by atoms with Crippen molar-refractivity contribution in [1.29, 1.82) is 0 Å². The molecule has 1 aromatic heterocycles. The van der Waals surface area contributed by atoms with Crippen LogP contribution in [0.5, 0.6) is 5.75 Å². The van der Waals surface area contributed by atoms with E-state index in [4.69, 9.17) is 10.5 Å². The fraction of sp³-hybridized carbons (Fsp3) is 0.333. The Morgan fingerprint density at radius 2 is 1.92 bits per heavy atom. The molecule has 194 valence electrons. The molecule has 0 unspecified atom stereocenters. The van der Waals surface area contributed by atoms with Crippen LogP contribution in [0.1, 0.15) is 54.1 Å². The number of rotatable bonds is 9. The van der Waals surface area contributed by atoms with Gasteiger partial charge in [-0.1, -0.05) is 19.9 Å². The number of hydrogen-bond acceptors (Lipinski definition) is 6. The van der Waals surface area contributed by atoms with E-state index in [1.165, 1.54) is 24.5 Å². The average Bonchev–Trinajstić information content (AvgIpc) is 3.70. The van der Waals surface area contributed by atoms with Crippen LogP contribution in [0.2, 0.25) is 0 Å². The van der Waals surface area contributed by atoms with Gasteiger partial charge in [-0.3, -0.25) is 9.59 Å². The molecule has 1 aliphatic rings. The van der Waals surface area contributed by atoms with Gasteiger partial charge in [0.1, 0.15) is 30.3 Å². The number of benzene rings is 2. The SMILES string of the molecule is Cc1c(NC(=O)c2ccc(C3CC3)cc2F)cc(F)cc1-c1ncnc(N)c1OCCNC(=O)C(C)C. The highest BCUT2D eigenvalue weighted by atomic mass is 19.1. The standard InChI is InChI=1S/C27H29F2N5O3/c1-14(2)26(35)31-8-9-37-24-23(32-13-33-25(24)30)20-11-18(28)12-22(15(20)3)34-27(36)19-7-6-17(10-21(19)29)16-4-5-16/h6-7,10-14,16H,4-5,8-9H2,1-3H3,(H,31,35)(H,34,36)(H2,30,32,33). The minimum absolute atomic E-state index is 0.0345. The summed E-state index contributed by atoms with van der Waals surface area (Å²) < 4.78 is 35.1. The van der Waals surface area contributed by atoms with E-state index in [0.29, 0.717) is 17.0 Å². The van der Waals surface area contributed by atoms with Crippen LogP contribution in [0, 0.1) is 24.5 Å². The van der Waals surface area contributed by atoms with E-state index in [1.807, 2.05) is 0 Å². The summed E-state index contributed by atoms with van der Waals surface area (Å²) in [6, 6.07) is 6.97. The van der Waals surface area contributed by atoms with Gasteiger partial charge in [0, 0.05) is 17.2 Å². The van der Waals surface area contributed by atoms with Crippen molar-refractivity contribution in [3.63, 3.8) is 0 Å². The number of amides is 2. The summed E-state index contributed by atoms with van der Waals surface area (Å²) in [6.45, 7) is 5.52. The van der Waals surface area contributed by atoms with Gasteiger partial charge in [-0.15, -0.1) is 0 Å². The molecule has 4 N–H and O–H groups in total. The highest BCUT2D eigenvalue weighted by Crippen LogP contribution is 2.40. The number of nitrogens with zero attached hydrogens (tertiary/aromatic N) is 2. The van der Waals surface area contributed by atoms with Gasteiger partial charge in [0.2, 0.25) is 5.91 Å². The summed E-state index contributed by atoms with van der Waals surface area (Å²) in [4.78, 5) is 32.8. The lowest BCUT2D eigenvalue weighted by molar-refractivity contribution is -0.124. The number of ether oxygens (including phenoxy) is 1. The molecule has 0 spiro atoms. The molecule has 1 heterocycles. The van der Waals surface area contributed by atoms with Gasteiger partial charge in [0.15, 0.2) is 11.6 Å². The van der Waals surface area contributed by atoms with Gasteiger partial charge in [-0.2, -0.15) is 0 Å². The summed E-state index contributed by atoms with van der Waals surface area (Å²) in [7, 11) is 0. The largest absolute Gasteiger partial charge is 0.486 e. The number of anilines is 2. The van der Waals surface area contributed by atoms with Crippen LogP contribution in [0.3, 0.4) is 0 Å². The van der Waals surface area contributed by atoms with Crippen LogP contribution in [-0.2, 0) is 4.79 Å². The summed E-state index contributed by atoms with van der Waals surface area (Å²) >= 11 is 0. The van der Waals surface area contributed by atoms with Crippen LogP contribution < -0.4 is 21.1 Å². The second kappa shape index (κ2) is 10.9. The second-order valence-electron chi connectivity index (χ2n) is 9.32. The third-order valence-corrected chi connectivity index (χ3v) is 6.17. The number of nitrogen functional groups attached to an aromatic ring is 1. The lowest BCUT2D eigenvalue weighted by Gasteiger charge is -2.17. The highest BCUT2D eigenvalue weighted by molar-refractivity contribution is 6.05. The molecule has 2 aromatic carbocycles. The number of nitrogens with one attached hydrogen (secondary N) is 2. The Labute approximate surface area is 213 Å². The maximum atomic E-state index is 14.7. The molecule has 4 rings (SSSR count). The fourth-order valence-corrected chi connectivity index (χ4v) is 3.88. The monoisotopic (exact) mass is 509 g/mol. The third kappa shape index (κ3) is 6.02. The molecule has 10 heteroatoms. The van der Waals surface area contributed by atoms with Crippen molar-refractivity contribution in [3.8, 4) is 17.0 Å². The zero-order valence-electron chi connectivity index (χ0n) is 20.9. The Kier molecular flexibility index (Phi) is 7.66. The minimum Gasteiger partial charge on any atom is -0.486 e. The third-order valence-electron chi connectivity index (χ3n) is 6.17. The molecule has 0 radical (unpaired) electrons. The topological polar surface area (TPSA) is 119 Å². The van der Waals surface area contributed by atoms with Crippen molar-refractivity contribution in [2.75, 3.05) is 24.2 Å². The first-order valence-electron chi connectivity index (χ1n) is 12.1. The molecule has 0 bridgehead atoms. The molecular weight excluding hydrogens is 480 g/mol. The summed E-state index contributed by atoms with van der Waals surface area (Å²) in [5.74, 6) is -1.76. The molecule has 0 atom stereocenters. The molecule has 1 saturated carbocycles. The number of aromatic nitrogens is 2. The summed E-state index contributed by atoms with van der Waals surface area (Å²) in [5, 5.41) is 5.34. The zero-order chi connectivity index (χ0) is 26.7. The van der Waals surface area contributed by atoms with E-state index in [0.717, 1.165) is 24.5 Å². The number of carbonyl (C=O) groups is 2. The lowest BCUT2D eigenvalue weighted by atomic mass is 10.0. The Balaban J connectivity index is 1.58. The van der Waals surface area contributed by atoms with Gasteiger partial charge < -0.3 is 21.1 Å². The first-order valence-corrected chi connectivity index (χ1v) is 12.1. The smallest absolute Gasteiger partial charge is 0.258 e. The molecule has 2 amide bonds. The van der Waals surface area contributed by atoms with Crippen LogP contribution >= 0.6 is 0 Å². The van der Waals surface area contributed by atoms with Crippen molar-refractivity contribution < 1.29 is 23.1 Å². The van der Waals surface area contributed by atoms with Crippen LogP contribution in [0.4, 0.5) is 20.3 Å². The van der Waals surface area contributed by atoms with Crippen LogP contribution in [-0.4, -0.2) is 34.9 Å². The molecule has 8 nitrogen and oxygen atoms in total. The van der Waals surface area contributed by atoms with Crippen molar-refractivity contribution >= 4 is 23.3 Å². The normalized spacial score (nSPS) is 12.9. The first kappa shape index (κ1) is 26.0. The van der Waals surface area contributed by atoms with Gasteiger partial charge in [-0.25, -0.2) is 18.7 Å². The fourth-order valence-electron chi connectivity index (χ4n) is 3.88. The molecule has 37 heavy (non-hydrogen) atoms. The molecule has 1 fully saturated rings. The summed E-state index contributed by atoms with van der Waals surface area (Å²) in [6.07, 6.45) is 3.25. The van der Waals surface area contributed by atoms with Crippen molar-refractivity contribution in [2.45, 2.75) is 39.5 Å². The predicted octanol–water partition coefficient (Wildman–Crippen LogP) is 4.59. The maximum absolute atomic E-state index is 14.7. The molecule has 0 saturated heterocycles. The lowest BCUT2D eigenvalue weighted by Crippen LogP contribution is -2.31. The predicted molar refractivity (Wildman–Crippen MR) is 136 cm³/mol. The van der Waals surface area contributed by atoms with Crippen molar-refractivity contribution in [1.82, 2.24) is 15.3 Å². The van der Waals surface area contributed by atoms with Gasteiger partial charge in [0.05, 0.1) is 12.1 Å². The van der Waals surface area contributed by atoms with E-state index in [-0.39, 0.29) is 53.5 Å². The van der Waals surface area contributed by atoms with Crippen molar-refractivity contribution in [2.24, 2.45) is 5.92 Å². The zero-order valence-corrected chi connectivity index (χ0v) is 20.9. The second-order valence-corrected chi connectivity index (χ2v) is 9.32. The number of hydrogen-bond donors (Lipinski definition) is 3. The summed E-state index contributed by atoms with van der Waals surface area (Å²) in [5.41, 5.74) is 7.91. The first-order chi connectivity index (χ1) is 17.7. The molecular formula is C27H29F2N5O3. The molecule has 1 aliphatic carbocycles. The molecule has 3 aromatic rings. The average molecular weight is 510 g/mol. The Hall–Kier alpha value is -4.08. The van der Waals surface area contributed by atoms with Crippen LogP contribution in [0.15, 0.2) is 36.7 Å². The number of carbonyl (C=O) groups excluding carboxylic acids is 2. The van der Waals surface area contributed by atoms with E-state index < -0.39 is 17.5 Å². The van der Waals surface area contributed by atoms with Gasteiger partial charge in [0.25, 0.3) is 5.91 Å². The Bertz CT molecular complexity index is 1340. The van der Waals surface area contributed by atoms with E-state index in [9.17, 15) is 18.4 Å².